The SMILES string of the molecule is COC1CC(Nc2ccc(N)c3cnc(C)cc23)C1. The molecule has 1 aliphatic carbocycles. The van der Waals surface area contributed by atoms with Gasteiger partial charge in [0.25, 0.3) is 0 Å². The van der Waals surface area contributed by atoms with Crippen LogP contribution in [0.4, 0.5) is 11.4 Å². The molecular weight excluding hydrogens is 238 g/mol. The average molecular weight is 257 g/mol. The second-order valence-corrected chi connectivity index (χ2v) is 5.24. The van der Waals surface area contributed by atoms with Crippen LogP contribution in [0.25, 0.3) is 10.8 Å². The maximum absolute atomic E-state index is 6.01. The first-order chi connectivity index (χ1) is 9.17. The van der Waals surface area contributed by atoms with Crippen LogP contribution in [-0.4, -0.2) is 24.2 Å². The molecule has 1 fully saturated rings. The smallest absolute Gasteiger partial charge is 0.0610 e. The highest BCUT2D eigenvalue weighted by atomic mass is 16.5. The van der Waals surface area contributed by atoms with Crippen LogP contribution in [0.5, 0.6) is 0 Å². The van der Waals surface area contributed by atoms with Crippen molar-refractivity contribution in [3.63, 3.8) is 0 Å². The predicted octanol–water partition coefficient (Wildman–Crippen LogP) is 2.71. The minimum Gasteiger partial charge on any atom is -0.398 e. The number of methoxy groups -OCH3 is 1. The lowest BCUT2D eigenvalue weighted by molar-refractivity contribution is 0.0329. The summed E-state index contributed by atoms with van der Waals surface area (Å²) in [5.74, 6) is 0. The van der Waals surface area contributed by atoms with Gasteiger partial charge in [0.15, 0.2) is 0 Å². The zero-order valence-electron chi connectivity index (χ0n) is 11.3. The van der Waals surface area contributed by atoms with Gasteiger partial charge in [-0.3, -0.25) is 4.98 Å². The van der Waals surface area contributed by atoms with E-state index in [-0.39, 0.29) is 0 Å². The number of anilines is 2. The Kier molecular flexibility index (Phi) is 3.03. The Morgan fingerprint density at radius 2 is 2.11 bits per heavy atom. The number of aryl methyl sites for hydroxylation is 1. The Morgan fingerprint density at radius 3 is 2.84 bits per heavy atom. The van der Waals surface area contributed by atoms with Crippen LogP contribution in [0.3, 0.4) is 0 Å². The number of benzene rings is 1. The molecule has 3 rings (SSSR count). The summed E-state index contributed by atoms with van der Waals surface area (Å²) in [6.07, 6.45) is 4.38. The number of rotatable bonds is 3. The van der Waals surface area contributed by atoms with Crippen molar-refractivity contribution in [2.24, 2.45) is 0 Å². The van der Waals surface area contributed by atoms with Crippen molar-refractivity contribution in [2.75, 3.05) is 18.2 Å². The van der Waals surface area contributed by atoms with Gasteiger partial charge in [0.2, 0.25) is 0 Å². The Labute approximate surface area is 113 Å². The Bertz CT molecular complexity index is 606. The fourth-order valence-electron chi connectivity index (χ4n) is 2.59. The van der Waals surface area contributed by atoms with Crippen molar-refractivity contribution in [3.8, 4) is 0 Å². The monoisotopic (exact) mass is 257 g/mol. The largest absolute Gasteiger partial charge is 0.398 e. The maximum Gasteiger partial charge on any atom is 0.0610 e. The third-order valence-corrected chi connectivity index (χ3v) is 3.86. The van der Waals surface area contributed by atoms with E-state index in [4.69, 9.17) is 10.5 Å². The Balaban J connectivity index is 1.91. The lowest BCUT2D eigenvalue weighted by Crippen LogP contribution is -2.40. The van der Waals surface area contributed by atoms with Crippen molar-refractivity contribution in [1.29, 1.82) is 0 Å². The third-order valence-electron chi connectivity index (χ3n) is 3.86. The second-order valence-electron chi connectivity index (χ2n) is 5.24. The van der Waals surface area contributed by atoms with Gasteiger partial charge < -0.3 is 15.8 Å². The molecule has 19 heavy (non-hydrogen) atoms. The van der Waals surface area contributed by atoms with E-state index in [9.17, 15) is 0 Å². The first-order valence-electron chi connectivity index (χ1n) is 6.61. The van der Waals surface area contributed by atoms with Gasteiger partial charge >= 0.3 is 0 Å². The summed E-state index contributed by atoms with van der Waals surface area (Å²) in [5.41, 5.74) is 8.92. The van der Waals surface area contributed by atoms with Crippen molar-refractivity contribution in [1.82, 2.24) is 4.98 Å². The van der Waals surface area contributed by atoms with E-state index in [1.807, 2.05) is 19.2 Å². The molecule has 4 nitrogen and oxygen atoms in total. The second kappa shape index (κ2) is 4.70. The molecule has 3 N–H and O–H groups in total. The first-order valence-corrected chi connectivity index (χ1v) is 6.61. The predicted molar refractivity (Wildman–Crippen MR) is 78.3 cm³/mol. The van der Waals surface area contributed by atoms with E-state index in [2.05, 4.69) is 22.4 Å². The van der Waals surface area contributed by atoms with Gasteiger partial charge in [0, 0.05) is 47.2 Å². The molecule has 0 amide bonds. The van der Waals surface area contributed by atoms with Crippen molar-refractivity contribution in [2.45, 2.75) is 31.9 Å². The summed E-state index contributed by atoms with van der Waals surface area (Å²) in [5, 5.41) is 5.74. The summed E-state index contributed by atoms with van der Waals surface area (Å²) in [6, 6.07) is 6.57. The molecule has 1 aromatic carbocycles. The van der Waals surface area contributed by atoms with Gasteiger partial charge in [0.05, 0.1) is 6.10 Å². The number of nitrogens with two attached hydrogens (primary N) is 1. The van der Waals surface area contributed by atoms with E-state index in [0.29, 0.717) is 12.1 Å². The number of hydrogen-bond acceptors (Lipinski definition) is 4. The number of nitrogens with one attached hydrogen (secondary N) is 1. The van der Waals surface area contributed by atoms with Crippen molar-refractivity contribution < 1.29 is 4.74 Å². The molecule has 1 saturated carbocycles. The summed E-state index contributed by atoms with van der Waals surface area (Å²) in [6.45, 7) is 2.00. The average Bonchev–Trinajstić information content (AvgIpc) is 2.35. The van der Waals surface area contributed by atoms with Gasteiger partial charge in [-0.15, -0.1) is 0 Å². The molecule has 2 aromatic rings. The van der Waals surface area contributed by atoms with Gasteiger partial charge in [-0.2, -0.15) is 0 Å². The lowest BCUT2D eigenvalue weighted by Gasteiger charge is -2.35. The summed E-state index contributed by atoms with van der Waals surface area (Å²) in [7, 11) is 1.77. The van der Waals surface area contributed by atoms with Crippen LogP contribution in [0.1, 0.15) is 18.5 Å². The van der Waals surface area contributed by atoms with Crippen LogP contribution in [-0.2, 0) is 4.74 Å². The van der Waals surface area contributed by atoms with E-state index in [0.717, 1.165) is 40.7 Å². The molecule has 0 spiro atoms. The molecular formula is C15H19N3O. The third kappa shape index (κ3) is 2.24. The van der Waals surface area contributed by atoms with Gasteiger partial charge in [-0.05, 0) is 38.0 Å². The molecule has 0 aliphatic heterocycles. The highest BCUT2D eigenvalue weighted by Crippen LogP contribution is 2.32. The fourth-order valence-corrected chi connectivity index (χ4v) is 2.59. The topological polar surface area (TPSA) is 60.2 Å². The molecule has 0 unspecified atom stereocenters. The van der Waals surface area contributed by atoms with E-state index < -0.39 is 0 Å². The van der Waals surface area contributed by atoms with Gasteiger partial charge in [-0.25, -0.2) is 0 Å². The summed E-state index contributed by atoms with van der Waals surface area (Å²) in [4.78, 5) is 4.32. The normalized spacial score (nSPS) is 22.2. The molecule has 1 aromatic heterocycles. The Morgan fingerprint density at radius 1 is 1.32 bits per heavy atom. The standard InChI is InChI=1S/C15H19N3O/c1-9-5-12-13(8-17-9)14(16)3-4-15(12)18-10-6-11(7-10)19-2/h3-5,8,10-11,18H,6-7,16H2,1-2H3. The maximum atomic E-state index is 6.01. The van der Waals surface area contributed by atoms with Crippen LogP contribution in [0.15, 0.2) is 24.4 Å². The highest BCUT2D eigenvalue weighted by molar-refractivity contribution is 6.00. The zero-order valence-corrected chi connectivity index (χ0v) is 11.3. The zero-order chi connectivity index (χ0) is 13.4. The quantitative estimate of drug-likeness (QED) is 0.830. The molecule has 0 radical (unpaired) electrons. The minimum absolute atomic E-state index is 0.404. The van der Waals surface area contributed by atoms with E-state index in [1.54, 1.807) is 7.11 Å². The molecule has 0 atom stereocenters. The minimum atomic E-state index is 0.404. The fraction of sp³-hybridized carbons (Fsp3) is 0.400. The van der Waals surface area contributed by atoms with Crippen molar-refractivity contribution in [3.05, 3.63) is 30.1 Å². The van der Waals surface area contributed by atoms with Crippen LogP contribution in [0.2, 0.25) is 0 Å². The van der Waals surface area contributed by atoms with Crippen molar-refractivity contribution >= 4 is 22.1 Å². The number of pyridine rings is 1. The highest BCUT2D eigenvalue weighted by Gasteiger charge is 2.29. The number of nitrogen functional groups attached to an aromatic ring is 1. The summed E-state index contributed by atoms with van der Waals surface area (Å²) < 4.78 is 5.31. The first kappa shape index (κ1) is 12.2. The number of aromatic nitrogens is 1. The molecule has 0 saturated heterocycles. The lowest BCUT2D eigenvalue weighted by atomic mass is 9.89. The summed E-state index contributed by atoms with van der Waals surface area (Å²) >= 11 is 0. The number of ether oxygens (including phenoxy) is 1. The van der Waals surface area contributed by atoms with Crippen LogP contribution >= 0.6 is 0 Å². The molecule has 1 heterocycles. The van der Waals surface area contributed by atoms with E-state index in [1.165, 1.54) is 0 Å². The molecule has 100 valence electrons. The molecule has 1 aliphatic rings. The van der Waals surface area contributed by atoms with Gasteiger partial charge in [-0.1, -0.05) is 0 Å². The van der Waals surface area contributed by atoms with E-state index >= 15 is 0 Å². The molecule has 0 bridgehead atoms. The van der Waals surface area contributed by atoms with Crippen LogP contribution in [0, 0.1) is 6.92 Å². The number of hydrogen-bond donors (Lipinski definition) is 2. The van der Waals surface area contributed by atoms with Gasteiger partial charge in [0.1, 0.15) is 0 Å². The molecule has 4 heteroatoms. The number of fused-ring (bicyclic) bond motifs is 1. The Hall–Kier alpha value is -1.81. The number of nitrogens with zero attached hydrogens (tertiary/aromatic N) is 1. The van der Waals surface area contributed by atoms with Crippen LogP contribution < -0.4 is 11.1 Å².